The molecule has 5 nitrogen and oxygen atoms in total. The SMILES string of the molecule is COc1c2c(cc3c1[C@H](Cc1cccc[n+]1C)N(C)CC3)OCO2. The highest BCUT2D eigenvalue weighted by atomic mass is 16.7. The molecule has 0 bridgehead atoms. The van der Waals surface area contributed by atoms with Gasteiger partial charge in [0.05, 0.1) is 13.5 Å². The van der Waals surface area contributed by atoms with Crippen molar-refractivity contribution in [2.45, 2.75) is 18.9 Å². The van der Waals surface area contributed by atoms with Gasteiger partial charge in [0.1, 0.15) is 7.05 Å². The van der Waals surface area contributed by atoms with E-state index in [9.17, 15) is 0 Å². The van der Waals surface area contributed by atoms with E-state index in [-0.39, 0.29) is 12.8 Å². The molecule has 24 heavy (non-hydrogen) atoms. The zero-order valence-electron chi connectivity index (χ0n) is 14.4. The van der Waals surface area contributed by atoms with Crippen LogP contribution in [0.3, 0.4) is 0 Å². The average Bonchev–Trinajstić information content (AvgIpc) is 3.05. The molecule has 0 amide bonds. The molecule has 0 N–H and O–H groups in total. The van der Waals surface area contributed by atoms with Crippen LogP contribution in [0.1, 0.15) is 22.9 Å². The Morgan fingerprint density at radius 2 is 2.21 bits per heavy atom. The molecular formula is C19H23N2O3+. The first-order valence-electron chi connectivity index (χ1n) is 8.32. The van der Waals surface area contributed by atoms with E-state index in [0.717, 1.165) is 36.6 Å². The molecule has 5 heteroatoms. The van der Waals surface area contributed by atoms with Crippen LogP contribution < -0.4 is 18.8 Å². The minimum Gasteiger partial charge on any atom is -0.492 e. The molecule has 2 aliphatic heterocycles. The number of likely N-dealkylation sites (N-methyl/N-ethyl adjacent to an activating group) is 1. The van der Waals surface area contributed by atoms with E-state index >= 15 is 0 Å². The number of methoxy groups -OCH3 is 1. The van der Waals surface area contributed by atoms with Crippen LogP contribution in [0.4, 0.5) is 0 Å². The summed E-state index contributed by atoms with van der Waals surface area (Å²) in [5.74, 6) is 2.38. The highest BCUT2D eigenvalue weighted by molar-refractivity contribution is 5.61. The number of pyridine rings is 1. The summed E-state index contributed by atoms with van der Waals surface area (Å²) in [5, 5.41) is 0. The number of hydrogen-bond donors (Lipinski definition) is 0. The largest absolute Gasteiger partial charge is 0.492 e. The molecule has 0 saturated heterocycles. The summed E-state index contributed by atoms with van der Waals surface area (Å²) in [4.78, 5) is 2.40. The molecule has 126 valence electrons. The third kappa shape index (κ3) is 2.40. The van der Waals surface area contributed by atoms with Gasteiger partial charge in [-0.1, -0.05) is 6.07 Å². The summed E-state index contributed by atoms with van der Waals surface area (Å²) in [7, 11) is 5.99. The minimum atomic E-state index is 0.256. The monoisotopic (exact) mass is 327 g/mol. The van der Waals surface area contributed by atoms with Gasteiger partial charge in [-0.05, 0) is 25.1 Å². The molecule has 4 rings (SSSR count). The van der Waals surface area contributed by atoms with Crippen LogP contribution in [-0.4, -0.2) is 32.4 Å². The Morgan fingerprint density at radius 1 is 1.33 bits per heavy atom. The quantitative estimate of drug-likeness (QED) is 0.808. The summed E-state index contributed by atoms with van der Waals surface area (Å²) < 4.78 is 19.2. The lowest BCUT2D eigenvalue weighted by atomic mass is 9.88. The van der Waals surface area contributed by atoms with E-state index in [2.05, 4.69) is 54.0 Å². The van der Waals surface area contributed by atoms with Crippen molar-refractivity contribution in [2.24, 2.45) is 7.05 Å². The van der Waals surface area contributed by atoms with Crippen molar-refractivity contribution in [1.29, 1.82) is 0 Å². The zero-order chi connectivity index (χ0) is 16.7. The molecule has 0 fully saturated rings. The first kappa shape index (κ1) is 15.3. The lowest BCUT2D eigenvalue weighted by molar-refractivity contribution is -0.679. The molecule has 3 heterocycles. The standard InChI is InChI=1S/C19H23N2O3/c1-20-8-5-4-6-14(20)11-15-17-13(7-9-21(15)2)10-16-18(19(17)22-3)24-12-23-16/h4-6,8,10,15H,7,9,11-12H2,1-3H3/q+1/t15-/m0/s1. The van der Waals surface area contributed by atoms with Gasteiger partial charge in [-0.15, -0.1) is 0 Å². The number of fused-ring (bicyclic) bond motifs is 2. The zero-order valence-corrected chi connectivity index (χ0v) is 14.4. The predicted octanol–water partition coefficient (Wildman–Crippen LogP) is 2.02. The van der Waals surface area contributed by atoms with E-state index in [1.807, 2.05) is 0 Å². The van der Waals surface area contributed by atoms with Crippen LogP contribution in [0.15, 0.2) is 30.5 Å². The minimum absolute atomic E-state index is 0.256. The van der Waals surface area contributed by atoms with Gasteiger partial charge in [0.15, 0.2) is 23.4 Å². The number of aryl methyl sites for hydroxylation is 1. The normalized spacial score (nSPS) is 19.2. The van der Waals surface area contributed by atoms with Gasteiger partial charge in [-0.2, -0.15) is 0 Å². The maximum atomic E-state index is 5.76. The molecule has 1 aromatic heterocycles. The van der Waals surface area contributed by atoms with Gasteiger partial charge in [0.25, 0.3) is 0 Å². The lowest BCUT2D eigenvalue weighted by Gasteiger charge is -2.35. The van der Waals surface area contributed by atoms with Gasteiger partial charge >= 0.3 is 0 Å². The fourth-order valence-corrected chi connectivity index (χ4v) is 3.75. The Balaban J connectivity index is 1.81. The highest BCUT2D eigenvalue weighted by Gasteiger charge is 2.35. The summed E-state index contributed by atoms with van der Waals surface area (Å²) >= 11 is 0. The smallest absolute Gasteiger partial charge is 0.231 e. The Labute approximate surface area is 142 Å². The number of aromatic nitrogens is 1. The van der Waals surface area contributed by atoms with Crippen molar-refractivity contribution in [2.75, 3.05) is 27.5 Å². The van der Waals surface area contributed by atoms with Crippen molar-refractivity contribution in [1.82, 2.24) is 4.90 Å². The predicted molar refractivity (Wildman–Crippen MR) is 89.5 cm³/mol. The molecule has 0 aliphatic carbocycles. The van der Waals surface area contributed by atoms with Crippen LogP contribution in [0.5, 0.6) is 17.2 Å². The number of hydrogen-bond acceptors (Lipinski definition) is 4. The van der Waals surface area contributed by atoms with Gasteiger partial charge in [0, 0.05) is 30.3 Å². The van der Waals surface area contributed by atoms with E-state index in [0.29, 0.717) is 0 Å². The van der Waals surface area contributed by atoms with E-state index < -0.39 is 0 Å². The van der Waals surface area contributed by atoms with Crippen molar-refractivity contribution in [3.8, 4) is 17.2 Å². The van der Waals surface area contributed by atoms with Gasteiger partial charge in [0.2, 0.25) is 12.5 Å². The summed E-state index contributed by atoms with van der Waals surface area (Å²) in [6.45, 7) is 1.29. The Morgan fingerprint density at radius 3 is 3.00 bits per heavy atom. The molecule has 0 unspecified atom stereocenters. The molecule has 2 aromatic rings. The molecular weight excluding hydrogens is 304 g/mol. The molecule has 1 atom stereocenters. The number of nitrogens with zero attached hydrogens (tertiary/aromatic N) is 2. The second-order valence-electron chi connectivity index (χ2n) is 6.47. The second-order valence-corrected chi connectivity index (χ2v) is 6.47. The number of ether oxygens (including phenoxy) is 3. The van der Waals surface area contributed by atoms with Crippen LogP contribution in [0, 0.1) is 0 Å². The van der Waals surface area contributed by atoms with Crippen molar-refractivity contribution in [3.05, 3.63) is 47.3 Å². The third-order valence-corrected chi connectivity index (χ3v) is 5.11. The number of rotatable bonds is 3. The first-order chi connectivity index (χ1) is 11.7. The van der Waals surface area contributed by atoms with Crippen LogP contribution in [0.2, 0.25) is 0 Å². The Kier molecular flexibility index (Phi) is 3.81. The lowest BCUT2D eigenvalue weighted by Crippen LogP contribution is -2.39. The molecule has 0 saturated carbocycles. The van der Waals surface area contributed by atoms with E-state index in [1.54, 1.807) is 7.11 Å². The van der Waals surface area contributed by atoms with Crippen molar-refractivity contribution in [3.63, 3.8) is 0 Å². The van der Waals surface area contributed by atoms with Gasteiger partial charge < -0.3 is 14.2 Å². The summed E-state index contributed by atoms with van der Waals surface area (Å²) in [6, 6.07) is 8.72. The molecule has 2 aliphatic rings. The Hall–Kier alpha value is -2.27. The van der Waals surface area contributed by atoms with E-state index in [4.69, 9.17) is 14.2 Å². The topological polar surface area (TPSA) is 34.8 Å². The maximum absolute atomic E-state index is 5.76. The van der Waals surface area contributed by atoms with Gasteiger partial charge in [-0.3, -0.25) is 4.90 Å². The fraction of sp³-hybridized carbons (Fsp3) is 0.421. The van der Waals surface area contributed by atoms with Crippen LogP contribution >= 0.6 is 0 Å². The van der Waals surface area contributed by atoms with Gasteiger partial charge in [-0.25, -0.2) is 4.57 Å². The van der Waals surface area contributed by atoms with Crippen LogP contribution in [-0.2, 0) is 19.9 Å². The fourth-order valence-electron chi connectivity index (χ4n) is 3.75. The first-order valence-corrected chi connectivity index (χ1v) is 8.32. The average molecular weight is 327 g/mol. The third-order valence-electron chi connectivity index (χ3n) is 5.11. The van der Waals surface area contributed by atoms with E-state index in [1.165, 1.54) is 16.8 Å². The molecule has 0 spiro atoms. The second kappa shape index (κ2) is 5.98. The van der Waals surface area contributed by atoms with Crippen LogP contribution in [0.25, 0.3) is 0 Å². The summed E-state index contributed by atoms with van der Waals surface area (Å²) in [5.41, 5.74) is 3.83. The number of benzene rings is 1. The van der Waals surface area contributed by atoms with Crippen molar-refractivity contribution < 1.29 is 18.8 Å². The molecule has 1 aromatic carbocycles. The summed E-state index contributed by atoms with van der Waals surface area (Å²) in [6.07, 6.45) is 4.02. The van der Waals surface area contributed by atoms with Crippen molar-refractivity contribution >= 4 is 0 Å². The maximum Gasteiger partial charge on any atom is 0.231 e. The highest BCUT2D eigenvalue weighted by Crippen LogP contribution is 2.49. The Bertz CT molecular complexity index is 775. The molecule has 0 radical (unpaired) electrons.